The molecule has 0 unspecified atom stereocenters. The van der Waals surface area contributed by atoms with Gasteiger partial charge in [0.2, 0.25) is 23.6 Å². The highest BCUT2D eigenvalue weighted by molar-refractivity contribution is 5.98. The Kier molecular flexibility index (Phi) is 24.8. The van der Waals surface area contributed by atoms with Gasteiger partial charge in [0.05, 0.1) is 52.9 Å². The van der Waals surface area contributed by atoms with Gasteiger partial charge in [-0.15, -0.1) is 0 Å². The van der Waals surface area contributed by atoms with Crippen molar-refractivity contribution in [1.82, 2.24) is 21.3 Å². The van der Waals surface area contributed by atoms with Crippen LogP contribution in [0.5, 0.6) is 0 Å². The van der Waals surface area contributed by atoms with Crippen molar-refractivity contribution >= 4 is 41.3 Å². The Labute approximate surface area is 304 Å². The van der Waals surface area contributed by atoms with Crippen LogP contribution >= 0.6 is 0 Å². The molecule has 0 heterocycles. The fourth-order valence-corrected chi connectivity index (χ4v) is 4.30. The molecule has 6 amide bonds. The van der Waals surface area contributed by atoms with Gasteiger partial charge < -0.3 is 60.7 Å². The normalized spacial score (nSPS) is 12.0. The largest absolute Gasteiger partial charge is 0.461 e. The predicted octanol–water partition coefficient (Wildman–Crippen LogP) is -0.0186. The zero-order valence-corrected chi connectivity index (χ0v) is 30.6. The van der Waals surface area contributed by atoms with E-state index in [1.54, 1.807) is 38.1 Å². The Hall–Kier alpha value is -4.36. The minimum absolute atomic E-state index is 0.00578. The third-order valence-corrected chi connectivity index (χ3v) is 6.96. The van der Waals surface area contributed by atoms with Gasteiger partial charge in [-0.05, 0) is 36.5 Å². The van der Waals surface area contributed by atoms with Crippen LogP contribution in [0.3, 0.4) is 0 Å². The number of nitrogens with one attached hydrogen (secondary N) is 5. The van der Waals surface area contributed by atoms with Crippen molar-refractivity contribution in [3.63, 3.8) is 0 Å². The summed E-state index contributed by atoms with van der Waals surface area (Å²) in [5, 5.41) is 13.3. The first-order valence-corrected chi connectivity index (χ1v) is 17.2. The van der Waals surface area contributed by atoms with Gasteiger partial charge in [-0.25, -0.2) is 4.79 Å². The molecule has 1 aromatic carbocycles. The van der Waals surface area contributed by atoms with E-state index in [0.717, 1.165) is 5.56 Å². The Balaban J connectivity index is 2.43. The van der Waals surface area contributed by atoms with Crippen molar-refractivity contribution in [3.8, 4) is 0 Å². The summed E-state index contributed by atoms with van der Waals surface area (Å²) in [6.45, 7) is 8.06. The smallest absolute Gasteiger partial charge is 0.312 e. The number of hydrogen-bond donors (Lipinski definition) is 6. The molecule has 7 N–H and O–H groups in total. The third-order valence-electron chi connectivity index (χ3n) is 6.96. The molecule has 0 bridgehead atoms. The van der Waals surface area contributed by atoms with E-state index >= 15 is 0 Å². The van der Waals surface area contributed by atoms with Crippen LogP contribution in [0.1, 0.15) is 45.6 Å². The highest BCUT2D eigenvalue weighted by atomic mass is 16.6. The fraction of sp³-hybridized carbons (Fsp3) is 0.647. The lowest BCUT2D eigenvalue weighted by atomic mass is 10.0. The highest BCUT2D eigenvalue weighted by Crippen LogP contribution is 2.13. The zero-order chi connectivity index (χ0) is 38.6. The molecule has 18 nitrogen and oxygen atoms in total. The molecule has 0 aromatic heterocycles. The third kappa shape index (κ3) is 23.2. The maximum Gasteiger partial charge on any atom is 0.312 e. The number of methoxy groups -OCH3 is 1. The van der Waals surface area contributed by atoms with Crippen LogP contribution < -0.4 is 32.3 Å². The maximum atomic E-state index is 13.3. The summed E-state index contributed by atoms with van der Waals surface area (Å²) in [4.78, 5) is 72.6. The van der Waals surface area contributed by atoms with Crippen LogP contribution in [0, 0.1) is 5.92 Å². The molecule has 0 aliphatic carbocycles. The molecule has 52 heavy (non-hydrogen) atoms. The first kappa shape index (κ1) is 45.7. The van der Waals surface area contributed by atoms with Crippen molar-refractivity contribution in [2.75, 3.05) is 85.0 Å². The van der Waals surface area contributed by atoms with Gasteiger partial charge in [-0.2, -0.15) is 0 Å². The molecule has 0 saturated carbocycles. The number of carbonyl (C=O) groups is 6. The lowest BCUT2D eigenvalue weighted by molar-refractivity contribution is -0.142. The Morgan fingerprint density at radius 3 is 1.88 bits per heavy atom. The van der Waals surface area contributed by atoms with Crippen molar-refractivity contribution in [2.24, 2.45) is 11.7 Å². The maximum absolute atomic E-state index is 13.3. The van der Waals surface area contributed by atoms with Gasteiger partial charge in [0, 0.05) is 39.2 Å². The fourth-order valence-electron chi connectivity index (χ4n) is 4.30. The van der Waals surface area contributed by atoms with Crippen LogP contribution in [0.4, 0.5) is 10.5 Å². The molecule has 0 aliphatic rings. The van der Waals surface area contributed by atoms with Crippen molar-refractivity contribution < 1.29 is 57.2 Å². The number of carbonyl (C=O) groups excluding carboxylic acids is 6. The van der Waals surface area contributed by atoms with E-state index in [1.165, 1.54) is 14.0 Å². The molecule has 1 rings (SSSR count). The average molecular weight is 741 g/mol. The monoisotopic (exact) mass is 740 g/mol. The number of rotatable bonds is 29. The number of ether oxygens (including phenoxy) is 6. The SMILES string of the molecule is COCC(=O)NCCOCCOCCOCCOCCC(=O)N[C@H](C(=O)N[C@@H](CCCNC(N)=O)C(=O)Nc1ccc(COC(C)=O)cc1)C(C)C. The van der Waals surface area contributed by atoms with E-state index in [1.807, 2.05) is 0 Å². The van der Waals surface area contributed by atoms with Crippen LogP contribution in [0.15, 0.2) is 24.3 Å². The van der Waals surface area contributed by atoms with Crippen LogP contribution in [0.25, 0.3) is 0 Å². The molecule has 294 valence electrons. The number of esters is 1. The summed E-state index contributed by atoms with van der Waals surface area (Å²) in [5.74, 6) is -2.35. The van der Waals surface area contributed by atoms with E-state index in [0.29, 0.717) is 58.3 Å². The first-order chi connectivity index (χ1) is 24.9. The topological polar surface area (TPSA) is 244 Å². The van der Waals surface area contributed by atoms with Gasteiger partial charge in [0.1, 0.15) is 25.3 Å². The molecule has 0 radical (unpaired) electrons. The lowest BCUT2D eigenvalue weighted by Crippen LogP contribution is -2.54. The number of benzene rings is 1. The van der Waals surface area contributed by atoms with Crippen molar-refractivity contribution in [2.45, 2.75) is 58.7 Å². The number of amides is 6. The number of hydrogen-bond acceptors (Lipinski definition) is 12. The molecule has 1 aromatic rings. The second kappa shape index (κ2) is 28.3. The predicted molar refractivity (Wildman–Crippen MR) is 189 cm³/mol. The van der Waals surface area contributed by atoms with Gasteiger partial charge in [-0.3, -0.25) is 24.0 Å². The van der Waals surface area contributed by atoms with Crippen LogP contribution in [-0.4, -0.2) is 127 Å². The van der Waals surface area contributed by atoms with Gasteiger partial charge in [0.15, 0.2) is 0 Å². The molecule has 0 saturated heterocycles. The Morgan fingerprint density at radius 2 is 1.33 bits per heavy atom. The van der Waals surface area contributed by atoms with Crippen molar-refractivity contribution in [1.29, 1.82) is 0 Å². The summed E-state index contributed by atoms with van der Waals surface area (Å²) in [5.41, 5.74) is 6.32. The molecule has 0 fully saturated rings. The summed E-state index contributed by atoms with van der Waals surface area (Å²) in [7, 11) is 1.45. The number of urea groups is 1. The molecule has 0 spiro atoms. The van der Waals surface area contributed by atoms with Gasteiger partial charge in [-0.1, -0.05) is 26.0 Å². The van der Waals surface area contributed by atoms with E-state index in [2.05, 4.69) is 26.6 Å². The summed E-state index contributed by atoms with van der Waals surface area (Å²) >= 11 is 0. The summed E-state index contributed by atoms with van der Waals surface area (Å²) < 4.78 is 31.4. The van der Waals surface area contributed by atoms with E-state index < -0.39 is 41.8 Å². The average Bonchev–Trinajstić information content (AvgIpc) is 3.09. The standard InChI is InChI=1S/C34H56N6O12/c1-24(2)31(40-29(42)11-14-48-16-18-50-20-21-51-19-17-49-15-13-36-30(43)23-47-4)33(45)39-28(6-5-12-37-34(35)46)32(44)38-27-9-7-26(8-10-27)22-52-25(3)41/h7-10,24,28,31H,5-6,11-23H2,1-4H3,(H,36,43)(H,38,44)(H,39,45)(H,40,42)(H3,35,37,46)/t28-,31-/m0/s1. The molecule has 0 aliphatic heterocycles. The summed E-state index contributed by atoms with van der Waals surface area (Å²) in [6.07, 6.45) is 0.519. The highest BCUT2D eigenvalue weighted by Gasteiger charge is 2.28. The number of nitrogens with two attached hydrogens (primary N) is 1. The lowest BCUT2D eigenvalue weighted by Gasteiger charge is -2.25. The minimum Gasteiger partial charge on any atom is -0.461 e. The molecular formula is C34H56N6O12. The first-order valence-electron chi connectivity index (χ1n) is 17.2. The van der Waals surface area contributed by atoms with E-state index in [4.69, 9.17) is 34.2 Å². The molecule has 2 atom stereocenters. The number of primary amides is 1. The summed E-state index contributed by atoms with van der Waals surface area (Å²) in [6, 6.07) is 4.04. The molecule has 18 heteroatoms. The van der Waals surface area contributed by atoms with Crippen LogP contribution in [0.2, 0.25) is 0 Å². The van der Waals surface area contributed by atoms with E-state index in [9.17, 15) is 28.8 Å². The quantitative estimate of drug-likeness (QED) is 0.0469. The van der Waals surface area contributed by atoms with Gasteiger partial charge in [0.25, 0.3) is 0 Å². The van der Waals surface area contributed by atoms with Crippen molar-refractivity contribution in [3.05, 3.63) is 29.8 Å². The second-order valence-corrected chi connectivity index (χ2v) is 11.7. The Morgan fingerprint density at radius 1 is 0.731 bits per heavy atom. The van der Waals surface area contributed by atoms with Crippen LogP contribution in [-0.2, 0) is 59.0 Å². The Bertz CT molecular complexity index is 1220. The van der Waals surface area contributed by atoms with E-state index in [-0.39, 0.29) is 57.6 Å². The molecular weight excluding hydrogens is 684 g/mol. The minimum atomic E-state index is -0.991. The number of anilines is 1. The van der Waals surface area contributed by atoms with Gasteiger partial charge >= 0.3 is 12.0 Å². The zero-order valence-electron chi connectivity index (χ0n) is 30.6. The second-order valence-electron chi connectivity index (χ2n) is 11.7.